The van der Waals surface area contributed by atoms with Crippen LogP contribution in [0.1, 0.15) is 24.1 Å². The highest BCUT2D eigenvalue weighted by Gasteiger charge is 2.41. The summed E-state index contributed by atoms with van der Waals surface area (Å²) < 4.78 is 6.15. The lowest BCUT2D eigenvalue weighted by Crippen LogP contribution is -2.37. The average Bonchev–Trinajstić information content (AvgIpc) is 2.97. The summed E-state index contributed by atoms with van der Waals surface area (Å²) in [5.41, 5.74) is 2.26. The van der Waals surface area contributed by atoms with E-state index in [1.165, 1.54) is 4.90 Å². The first kappa shape index (κ1) is 19.4. The summed E-state index contributed by atoms with van der Waals surface area (Å²) in [6.07, 6.45) is 3.48. The molecule has 0 spiro atoms. The van der Waals surface area contributed by atoms with Gasteiger partial charge in [0.05, 0.1) is 4.91 Å². The number of carbonyl (C=O) groups excluding carboxylic acids is 1. The van der Waals surface area contributed by atoms with E-state index >= 15 is 0 Å². The van der Waals surface area contributed by atoms with E-state index in [1.54, 1.807) is 36.4 Å². The van der Waals surface area contributed by atoms with E-state index in [1.807, 2.05) is 37.3 Å². The number of carbonyl (C=O) groups is 2. The van der Waals surface area contributed by atoms with Crippen LogP contribution in [0.2, 0.25) is 0 Å². The lowest BCUT2D eigenvalue weighted by molar-refractivity contribution is -0.145. The molecule has 0 bridgehead atoms. The summed E-state index contributed by atoms with van der Waals surface area (Å²) in [4.78, 5) is 26.6. The molecule has 1 saturated heterocycles. The highest BCUT2D eigenvalue weighted by molar-refractivity contribution is 8.26. The summed E-state index contributed by atoms with van der Waals surface area (Å²) in [7, 11) is 0. The van der Waals surface area contributed by atoms with Gasteiger partial charge in [0.15, 0.2) is 6.04 Å². The second kappa shape index (κ2) is 7.85. The van der Waals surface area contributed by atoms with E-state index in [9.17, 15) is 14.7 Å². The van der Waals surface area contributed by atoms with E-state index in [0.717, 1.165) is 28.6 Å². The van der Waals surface area contributed by atoms with Crippen LogP contribution < -0.4 is 4.74 Å². The van der Waals surface area contributed by atoms with E-state index in [4.69, 9.17) is 17.0 Å². The van der Waals surface area contributed by atoms with Gasteiger partial charge in [0.25, 0.3) is 5.91 Å². The van der Waals surface area contributed by atoms with Gasteiger partial charge >= 0.3 is 5.97 Å². The minimum absolute atomic E-state index is 0.225. The topological polar surface area (TPSA) is 66.8 Å². The number of nitrogens with zero attached hydrogens (tertiary/aromatic N) is 1. The number of carboxylic acid groups (broad SMARTS) is 1. The number of hydrogen-bond acceptors (Lipinski definition) is 5. The van der Waals surface area contributed by atoms with Crippen molar-refractivity contribution in [1.29, 1.82) is 0 Å². The highest BCUT2D eigenvalue weighted by atomic mass is 32.2. The fraction of sp³-hybridized carbons (Fsp3) is 0.136. The first-order chi connectivity index (χ1) is 14.0. The number of aliphatic carboxylic acids is 1. The fourth-order valence-electron chi connectivity index (χ4n) is 3.31. The normalized spacial score (nSPS) is 20.9. The molecule has 5 nitrogen and oxygen atoms in total. The Morgan fingerprint density at radius 3 is 2.62 bits per heavy atom. The van der Waals surface area contributed by atoms with Gasteiger partial charge in [0.1, 0.15) is 16.2 Å². The Balaban J connectivity index is 1.68. The minimum Gasteiger partial charge on any atom is -0.485 e. The minimum atomic E-state index is -1.16. The maximum absolute atomic E-state index is 13.1. The molecule has 0 aromatic heterocycles. The molecule has 2 aliphatic heterocycles. The maximum atomic E-state index is 13.1. The van der Waals surface area contributed by atoms with Crippen molar-refractivity contribution in [2.75, 3.05) is 0 Å². The lowest BCUT2D eigenvalue weighted by atomic mass is 10.0. The Bertz CT molecular complexity index is 1060. The highest BCUT2D eigenvalue weighted by Crippen LogP contribution is 2.39. The number of benzene rings is 2. The van der Waals surface area contributed by atoms with Crippen molar-refractivity contribution in [3.05, 3.63) is 82.3 Å². The number of thioether (sulfide) groups is 1. The molecule has 2 unspecified atom stereocenters. The number of para-hydroxylation sites is 1. The van der Waals surface area contributed by atoms with Gasteiger partial charge in [-0.3, -0.25) is 9.69 Å². The molecule has 2 aromatic rings. The van der Waals surface area contributed by atoms with Crippen LogP contribution >= 0.6 is 24.0 Å². The standard InChI is InChI=1S/C22H17NO4S2/c1-13-16(11-15-9-5-6-10-17(15)27-13)12-18-20(24)23(22(28)29-18)19(21(25)26)14-7-3-2-4-8-14/h2-13,19H,1H3,(H,25,26)/b18-12-. The molecular weight excluding hydrogens is 406 g/mol. The zero-order valence-corrected chi connectivity index (χ0v) is 17.1. The van der Waals surface area contributed by atoms with E-state index in [0.29, 0.717) is 10.5 Å². The third kappa shape index (κ3) is 3.71. The van der Waals surface area contributed by atoms with Crippen molar-refractivity contribution in [2.24, 2.45) is 0 Å². The summed E-state index contributed by atoms with van der Waals surface area (Å²) in [5.74, 6) is -0.751. The zero-order valence-electron chi connectivity index (χ0n) is 15.4. The Hall–Kier alpha value is -2.90. The quantitative estimate of drug-likeness (QED) is 0.580. The van der Waals surface area contributed by atoms with E-state index in [2.05, 4.69) is 0 Å². The first-order valence-corrected chi connectivity index (χ1v) is 10.2. The molecule has 2 aliphatic rings. The molecule has 0 saturated carbocycles. The Kier molecular flexibility index (Phi) is 5.25. The molecule has 1 fully saturated rings. The maximum Gasteiger partial charge on any atom is 0.331 e. The summed E-state index contributed by atoms with van der Waals surface area (Å²) in [6.45, 7) is 1.91. The van der Waals surface area contributed by atoms with Crippen molar-refractivity contribution < 1.29 is 19.4 Å². The van der Waals surface area contributed by atoms with Crippen molar-refractivity contribution in [3.63, 3.8) is 0 Å². The Morgan fingerprint density at radius 1 is 1.21 bits per heavy atom. The van der Waals surface area contributed by atoms with Gasteiger partial charge in [-0.25, -0.2) is 4.79 Å². The van der Waals surface area contributed by atoms with Crippen molar-refractivity contribution in [3.8, 4) is 5.75 Å². The first-order valence-electron chi connectivity index (χ1n) is 8.98. The largest absolute Gasteiger partial charge is 0.485 e. The van der Waals surface area contributed by atoms with Crippen LogP contribution in [-0.2, 0) is 9.59 Å². The number of fused-ring (bicyclic) bond motifs is 1. The van der Waals surface area contributed by atoms with Crippen molar-refractivity contribution >= 4 is 46.3 Å². The molecule has 2 aromatic carbocycles. The number of thiocarbonyl (C=S) groups is 1. The monoisotopic (exact) mass is 423 g/mol. The summed E-state index contributed by atoms with van der Waals surface area (Å²) >= 11 is 6.47. The van der Waals surface area contributed by atoms with Crippen LogP contribution in [0, 0.1) is 0 Å². The van der Waals surface area contributed by atoms with Crippen LogP contribution in [0.25, 0.3) is 6.08 Å². The molecule has 1 amide bonds. The van der Waals surface area contributed by atoms with Gasteiger partial charge in [0, 0.05) is 5.56 Å². The zero-order chi connectivity index (χ0) is 20.5. The summed E-state index contributed by atoms with van der Waals surface area (Å²) in [6, 6.07) is 15.1. The number of rotatable bonds is 4. The third-order valence-corrected chi connectivity index (χ3v) is 6.07. The van der Waals surface area contributed by atoms with Crippen molar-refractivity contribution in [2.45, 2.75) is 19.1 Å². The number of carboxylic acids is 1. The molecule has 0 aliphatic carbocycles. The SMILES string of the molecule is CC1Oc2ccccc2C=C1/C=C1\SC(=S)N(C(C(=O)O)c2ccccc2)C1=O. The molecule has 0 radical (unpaired) electrons. The molecule has 4 rings (SSSR count). The van der Waals surface area contributed by atoms with Gasteiger partial charge < -0.3 is 9.84 Å². The smallest absolute Gasteiger partial charge is 0.331 e. The van der Waals surface area contributed by atoms with Crippen LogP contribution in [0.15, 0.2) is 71.2 Å². The van der Waals surface area contributed by atoms with Gasteiger partial charge in [-0.1, -0.05) is 72.5 Å². The molecule has 2 atom stereocenters. The predicted octanol–water partition coefficient (Wildman–Crippen LogP) is 4.42. The summed E-state index contributed by atoms with van der Waals surface area (Å²) in [5, 5.41) is 9.77. The fourth-order valence-corrected chi connectivity index (χ4v) is 4.63. The Morgan fingerprint density at radius 2 is 1.90 bits per heavy atom. The van der Waals surface area contributed by atoms with Crippen LogP contribution in [0.4, 0.5) is 0 Å². The van der Waals surface area contributed by atoms with Crippen molar-refractivity contribution in [1.82, 2.24) is 4.90 Å². The van der Waals surface area contributed by atoms with E-state index in [-0.39, 0.29) is 10.4 Å². The average molecular weight is 424 g/mol. The Labute approximate surface area is 177 Å². The van der Waals surface area contributed by atoms with Gasteiger partial charge in [-0.2, -0.15) is 0 Å². The second-order valence-electron chi connectivity index (χ2n) is 6.65. The van der Waals surface area contributed by atoms with Gasteiger partial charge in [-0.05, 0) is 36.3 Å². The van der Waals surface area contributed by atoms with E-state index < -0.39 is 17.9 Å². The van der Waals surface area contributed by atoms with Crippen LogP contribution in [0.3, 0.4) is 0 Å². The van der Waals surface area contributed by atoms with Gasteiger partial charge in [-0.15, -0.1) is 0 Å². The van der Waals surface area contributed by atoms with Crippen LogP contribution in [-0.4, -0.2) is 32.3 Å². The van der Waals surface area contributed by atoms with Crippen LogP contribution in [0.5, 0.6) is 5.75 Å². The predicted molar refractivity (Wildman–Crippen MR) is 116 cm³/mol. The lowest BCUT2D eigenvalue weighted by Gasteiger charge is -2.24. The molecule has 2 heterocycles. The number of amides is 1. The second-order valence-corrected chi connectivity index (χ2v) is 8.32. The number of hydrogen-bond donors (Lipinski definition) is 1. The molecule has 7 heteroatoms. The molecule has 146 valence electrons. The molecular formula is C22H17NO4S2. The number of ether oxygens (including phenoxy) is 1. The van der Waals surface area contributed by atoms with Gasteiger partial charge in [0.2, 0.25) is 0 Å². The molecule has 1 N–H and O–H groups in total. The third-order valence-electron chi connectivity index (χ3n) is 4.74. The molecule has 29 heavy (non-hydrogen) atoms.